The van der Waals surface area contributed by atoms with Crippen LogP contribution >= 0.6 is 31.5 Å². The monoisotopic (exact) mass is 342 g/mol. The number of benzene rings is 3. The number of hydrogen-bond acceptors (Lipinski definition) is 2. The number of rotatable bonds is 5. The van der Waals surface area contributed by atoms with Crippen molar-refractivity contribution >= 4 is 31.5 Å². The zero-order chi connectivity index (χ0) is 15.3. The van der Waals surface area contributed by atoms with E-state index in [1.807, 2.05) is 18.2 Å². The van der Waals surface area contributed by atoms with E-state index >= 15 is 0 Å². The molecule has 3 aromatic rings. The molecule has 110 valence electrons. The molecule has 0 aromatic heterocycles. The highest BCUT2D eigenvalue weighted by molar-refractivity contribution is 8.85. The highest BCUT2D eigenvalue weighted by Gasteiger charge is 2.37. The van der Waals surface area contributed by atoms with Crippen molar-refractivity contribution in [3.05, 3.63) is 108 Å². The Hall–Kier alpha value is -1.35. The van der Waals surface area contributed by atoms with Crippen molar-refractivity contribution in [1.82, 2.24) is 0 Å². The first-order valence-corrected chi connectivity index (χ1v) is 9.98. The second kappa shape index (κ2) is 7.28. The lowest BCUT2D eigenvalue weighted by molar-refractivity contribution is 0.903. The summed E-state index contributed by atoms with van der Waals surface area (Å²) in [5.41, 5.74) is 3.68. The van der Waals surface area contributed by atoms with Crippen LogP contribution in [-0.2, 0) is 4.75 Å². The Morgan fingerprint density at radius 3 is 1.14 bits per heavy atom. The van der Waals surface area contributed by atoms with Gasteiger partial charge in [-0.2, -0.15) is 0 Å². The van der Waals surface area contributed by atoms with Gasteiger partial charge in [0.05, 0.1) is 0 Å². The lowest BCUT2D eigenvalue weighted by Gasteiger charge is -2.33. The van der Waals surface area contributed by atoms with Crippen molar-refractivity contribution in [2.24, 2.45) is 0 Å². The molecular formula is C19H15ClS2. The summed E-state index contributed by atoms with van der Waals surface area (Å²) in [7, 11) is 9.06. The van der Waals surface area contributed by atoms with Crippen LogP contribution < -0.4 is 0 Å². The molecule has 0 radical (unpaired) electrons. The van der Waals surface area contributed by atoms with Crippen LogP contribution in [-0.4, -0.2) is 0 Å². The van der Waals surface area contributed by atoms with Crippen LogP contribution in [0.5, 0.6) is 0 Å². The summed E-state index contributed by atoms with van der Waals surface area (Å²) in [6, 6.07) is 31.6. The average molecular weight is 343 g/mol. The molecule has 0 nitrogen and oxygen atoms in total. The first-order valence-electron chi connectivity index (χ1n) is 7.01. The maximum absolute atomic E-state index is 6.12. The third kappa shape index (κ3) is 2.91. The van der Waals surface area contributed by atoms with Gasteiger partial charge >= 0.3 is 0 Å². The summed E-state index contributed by atoms with van der Waals surface area (Å²) in [4.78, 5) is 0. The highest BCUT2D eigenvalue weighted by Crippen LogP contribution is 2.54. The first-order chi connectivity index (χ1) is 10.9. The Bertz CT molecular complexity index is 603. The molecular weight excluding hydrogens is 328 g/mol. The second-order valence-electron chi connectivity index (χ2n) is 4.93. The van der Waals surface area contributed by atoms with Crippen LogP contribution in [0.25, 0.3) is 0 Å². The summed E-state index contributed by atoms with van der Waals surface area (Å²) in [6.07, 6.45) is 0. The quantitative estimate of drug-likeness (QED) is 0.382. The van der Waals surface area contributed by atoms with Gasteiger partial charge in [0.25, 0.3) is 0 Å². The molecule has 0 saturated heterocycles. The minimum absolute atomic E-state index is 0.323. The molecule has 0 unspecified atom stereocenters. The Labute approximate surface area is 143 Å². The zero-order valence-corrected chi connectivity index (χ0v) is 14.2. The Kier molecular flexibility index (Phi) is 5.14. The van der Waals surface area contributed by atoms with Crippen LogP contribution in [0.1, 0.15) is 16.7 Å². The third-order valence-corrected chi connectivity index (χ3v) is 6.22. The van der Waals surface area contributed by atoms with Gasteiger partial charge in [0.15, 0.2) is 0 Å². The van der Waals surface area contributed by atoms with Crippen molar-refractivity contribution in [2.45, 2.75) is 4.75 Å². The van der Waals surface area contributed by atoms with Crippen LogP contribution in [0, 0.1) is 0 Å². The lowest BCUT2D eigenvalue weighted by atomic mass is 9.84. The molecule has 3 heteroatoms. The summed E-state index contributed by atoms with van der Waals surface area (Å²) in [5, 5.41) is 0. The van der Waals surface area contributed by atoms with E-state index in [9.17, 15) is 0 Å². The lowest BCUT2D eigenvalue weighted by Crippen LogP contribution is -2.24. The largest absolute Gasteiger partial charge is 0.102 e. The van der Waals surface area contributed by atoms with E-state index in [0.29, 0.717) is 0 Å². The number of halogens is 1. The van der Waals surface area contributed by atoms with E-state index in [0.717, 1.165) is 0 Å². The van der Waals surface area contributed by atoms with E-state index in [2.05, 4.69) is 72.8 Å². The van der Waals surface area contributed by atoms with Crippen molar-refractivity contribution in [3.63, 3.8) is 0 Å². The molecule has 0 spiro atoms. The van der Waals surface area contributed by atoms with E-state index < -0.39 is 0 Å². The fraction of sp³-hybridized carbons (Fsp3) is 0.0526. The van der Waals surface area contributed by atoms with Gasteiger partial charge in [-0.05, 0) is 27.4 Å². The Balaban J connectivity index is 2.29. The average Bonchev–Trinajstić information content (AvgIpc) is 2.62. The van der Waals surface area contributed by atoms with Gasteiger partial charge in [0, 0.05) is 10.0 Å². The van der Waals surface area contributed by atoms with Crippen LogP contribution in [0.2, 0.25) is 0 Å². The summed E-state index contributed by atoms with van der Waals surface area (Å²) in [5.74, 6) is 0. The standard InChI is InChI=1S/C19H15ClS2/c20-22-21-19(16-10-4-1-5-11-16,17-12-6-2-7-13-17)18-14-8-3-9-15-18/h1-15H. The van der Waals surface area contributed by atoms with Gasteiger partial charge in [-0.1, -0.05) is 102 Å². The molecule has 0 N–H and O–H groups in total. The zero-order valence-electron chi connectivity index (χ0n) is 11.9. The molecule has 0 aliphatic rings. The van der Waals surface area contributed by atoms with Crippen molar-refractivity contribution < 1.29 is 0 Å². The van der Waals surface area contributed by atoms with Gasteiger partial charge in [0.1, 0.15) is 4.75 Å². The first kappa shape index (κ1) is 15.5. The molecule has 0 atom stereocenters. The fourth-order valence-electron chi connectivity index (χ4n) is 2.71. The number of hydrogen-bond donors (Lipinski definition) is 0. The fourth-order valence-corrected chi connectivity index (χ4v) is 5.50. The van der Waals surface area contributed by atoms with E-state index in [1.165, 1.54) is 26.7 Å². The highest BCUT2D eigenvalue weighted by atomic mass is 35.7. The normalized spacial score (nSPS) is 11.3. The maximum Gasteiger partial charge on any atom is 0.102 e. The summed E-state index contributed by atoms with van der Waals surface area (Å²) < 4.78 is -0.323. The van der Waals surface area contributed by atoms with Gasteiger partial charge in [-0.3, -0.25) is 0 Å². The molecule has 0 fully saturated rings. The van der Waals surface area contributed by atoms with Gasteiger partial charge in [-0.15, -0.1) is 0 Å². The molecule has 0 bridgehead atoms. The van der Waals surface area contributed by atoms with Crippen molar-refractivity contribution in [3.8, 4) is 0 Å². The Morgan fingerprint density at radius 2 is 0.864 bits per heavy atom. The predicted octanol–water partition coefficient (Wildman–Crippen LogP) is 6.51. The summed E-state index contributed by atoms with van der Waals surface area (Å²) in [6.45, 7) is 0. The maximum atomic E-state index is 6.12. The molecule has 0 heterocycles. The smallest absolute Gasteiger partial charge is 0.0622 e. The SMILES string of the molecule is ClSSC(c1ccccc1)(c1ccccc1)c1ccccc1. The Morgan fingerprint density at radius 1 is 0.545 bits per heavy atom. The third-order valence-electron chi connectivity index (χ3n) is 3.70. The molecule has 3 rings (SSSR count). The molecule has 22 heavy (non-hydrogen) atoms. The molecule has 0 aliphatic carbocycles. The van der Waals surface area contributed by atoms with E-state index in [4.69, 9.17) is 10.7 Å². The van der Waals surface area contributed by atoms with Gasteiger partial charge < -0.3 is 0 Å². The van der Waals surface area contributed by atoms with Crippen LogP contribution in [0.4, 0.5) is 0 Å². The van der Waals surface area contributed by atoms with Crippen LogP contribution in [0.3, 0.4) is 0 Å². The van der Waals surface area contributed by atoms with Gasteiger partial charge in [0.2, 0.25) is 0 Å². The summed E-state index contributed by atoms with van der Waals surface area (Å²) >= 11 is 0. The minimum Gasteiger partial charge on any atom is -0.0622 e. The van der Waals surface area contributed by atoms with Crippen LogP contribution in [0.15, 0.2) is 91.0 Å². The van der Waals surface area contributed by atoms with Crippen molar-refractivity contribution in [2.75, 3.05) is 0 Å². The van der Waals surface area contributed by atoms with Crippen molar-refractivity contribution in [1.29, 1.82) is 0 Å². The minimum atomic E-state index is -0.323. The molecule has 3 aromatic carbocycles. The topological polar surface area (TPSA) is 0 Å². The predicted molar refractivity (Wildman–Crippen MR) is 100 cm³/mol. The van der Waals surface area contributed by atoms with E-state index in [1.54, 1.807) is 10.8 Å². The molecule has 0 aliphatic heterocycles. The molecule has 0 amide bonds. The molecule has 0 saturated carbocycles. The van der Waals surface area contributed by atoms with Gasteiger partial charge in [-0.25, -0.2) is 0 Å². The second-order valence-corrected chi connectivity index (χ2v) is 7.84. The van der Waals surface area contributed by atoms with E-state index in [-0.39, 0.29) is 4.75 Å².